The quantitative estimate of drug-likeness (QED) is 0.347. The van der Waals surface area contributed by atoms with Crippen molar-refractivity contribution < 1.29 is 19.0 Å². The number of esters is 1. The Morgan fingerprint density at radius 2 is 1.92 bits per heavy atom. The average molecular weight is 530 g/mol. The molecule has 3 fully saturated rings. The number of ether oxygens (including phenoxy) is 3. The third kappa shape index (κ3) is 4.92. The fourth-order valence-electron chi connectivity index (χ4n) is 6.82. The Hall–Kier alpha value is -3.35. The third-order valence-electron chi connectivity index (χ3n) is 8.94. The number of pyridine rings is 1. The van der Waals surface area contributed by atoms with Crippen LogP contribution in [0.25, 0.3) is 16.8 Å². The molecule has 2 bridgehead atoms. The predicted molar refractivity (Wildman–Crippen MR) is 149 cm³/mol. The van der Waals surface area contributed by atoms with Gasteiger partial charge in [0.05, 0.1) is 11.7 Å². The summed E-state index contributed by atoms with van der Waals surface area (Å²) in [5.74, 6) is 2.35. The van der Waals surface area contributed by atoms with Crippen molar-refractivity contribution in [2.24, 2.45) is 23.2 Å². The SMILES string of the molecule is CC1[C@@H]2C[C@H](Oc3ccc4c(n3)OCc3cc(-n5ccnc5)ccc3-4)CC[C@@H](C)C[C@]1(C(=O)OC(C)(C)C)C2. The maximum absolute atomic E-state index is 13.3. The summed E-state index contributed by atoms with van der Waals surface area (Å²) in [6.45, 7) is 10.8. The van der Waals surface area contributed by atoms with Crippen molar-refractivity contribution in [2.75, 3.05) is 0 Å². The molecule has 3 saturated carbocycles. The van der Waals surface area contributed by atoms with Crippen LogP contribution in [0.2, 0.25) is 0 Å². The van der Waals surface area contributed by atoms with Gasteiger partial charge in [-0.15, -0.1) is 0 Å². The van der Waals surface area contributed by atoms with Gasteiger partial charge in [0.2, 0.25) is 11.8 Å². The number of carbonyl (C=O) groups is 1. The van der Waals surface area contributed by atoms with Gasteiger partial charge < -0.3 is 18.8 Å². The summed E-state index contributed by atoms with van der Waals surface area (Å²) in [6.07, 6.45) is 10.2. The number of hydrogen-bond donors (Lipinski definition) is 0. The lowest BCUT2D eigenvalue weighted by atomic mass is 9.51. The molecule has 0 amide bonds. The average Bonchev–Trinajstić information content (AvgIpc) is 3.46. The van der Waals surface area contributed by atoms with Gasteiger partial charge in [-0.2, -0.15) is 4.98 Å². The van der Waals surface area contributed by atoms with Gasteiger partial charge in [0.1, 0.15) is 18.3 Å². The van der Waals surface area contributed by atoms with Gasteiger partial charge >= 0.3 is 5.97 Å². The largest absolute Gasteiger partial charge is 0.474 e. The number of hydrogen-bond acceptors (Lipinski definition) is 6. The second-order valence-electron chi connectivity index (χ2n) is 12.9. The maximum atomic E-state index is 13.3. The highest BCUT2D eigenvalue weighted by atomic mass is 16.6. The molecular weight excluding hydrogens is 490 g/mol. The van der Waals surface area contributed by atoms with E-state index in [9.17, 15) is 4.79 Å². The number of nitrogens with zero attached hydrogens (tertiary/aromatic N) is 3. The molecule has 5 atom stereocenters. The van der Waals surface area contributed by atoms with Crippen LogP contribution in [-0.4, -0.2) is 32.2 Å². The van der Waals surface area contributed by atoms with E-state index in [4.69, 9.17) is 19.2 Å². The van der Waals surface area contributed by atoms with Crippen LogP contribution in [0.1, 0.15) is 72.3 Å². The Morgan fingerprint density at radius 3 is 2.67 bits per heavy atom. The van der Waals surface area contributed by atoms with Gasteiger partial charge in [-0.25, -0.2) is 4.98 Å². The Bertz CT molecular complexity index is 1360. The summed E-state index contributed by atoms with van der Waals surface area (Å²) in [4.78, 5) is 22.2. The van der Waals surface area contributed by atoms with Crippen molar-refractivity contribution in [1.82, 2.24) is 14.5 Å². The lowest BCUT2D eigenvalue weighted by molar-refractivity contribution is -0.189. The summed E-state index contributed by atoms with van der Waals surface area (Å²) < 4.78 is 20.5. The number of aromatic nitrogens is 3. The van der Waals surface area contributed by atoms with Crippen LogP contribution in [-0.2, 0) is 16.1 Å². The third-order valence-corrected chi connectivity index (χ3v) is 8.94. The monoisotopic (exact) mass is 529 g/mol. The van der Waals surface area contributed by atoms with Crippen molar-refractivity contribution >= 4 is 5.97 Å². The molecule has 7 nitrogen and oxygen atoms in total. The molecule has 0 radical (unpaired) electrons. The second-order valence-corrected chi connectivity index (χ2v) is 12.9. The molecule has 0 saturated heterocycles. The molecule has 39 heavy (non-hydrogen) atoms. The zero-order valence-electron chi connectivity index (χ0n) is 23.6. The van der Waals surface area contributed by atoms with Gasteiger partial charge in [0.25, 0.3) is 0 Å². The van der Waals surface area contributed by atoms with E-state index < -0.39 is 5.60 Å². The van der Waals surface area contributed by atoms with E-state index in [2.05, 4.69) is 43.1 Å². The molecule has 2 aromatic heterocycles. The van der Waals surface area contributed by atoms with Gasteiger partial charge in [0.15, 0.2) is 0 Å². The first kappa shape index (κ1) is 25.9. The van der Waals surface area contributed by atoms with Crippen LogP contribution >= 0.6 is 0 Å². The lowest BCUT2D eigenvalue weighted by Gasteiger charge is -2.53. The molecular formula is C32H39N3O4. The van der Waals surface area contributed by atoms with E-state index in [1.165, 1.54) is 0 Å². The molecule has 7 heteroatoms. The van der Waals surface area contributed by atoms with E-state index in [0.29, 0.717) is 30.2 Å². The molecule has 0 spiro atoms. The highest BCUT2D eigenvalue weighted by Crippen LogP contribution is 2.58. The molecule has 7 rings (SSSR count). The molecule has 3 heterocycles. The lowest BCUT2D eigenvalue weighted by Crippen LogP contribution is -2.54. The van der Waals surface area contributed by atoms with Gasteiger partial charge in [-0.1, -0.05) is 19.9 Å². The summed E-state index contributed by atoms with van der Waals surface area (Å²) in [5.41, 5.74) is 3.47. The first-order chi connectivity index (χ1) is 18.6. The molecule has 1 unspecified atom stereocenters. The number of carbonyl (C=O) groups excluding carboxylic acids is 1. The first-order valence-corrected chi connectivity index (χ1v) is 14.3. The number of imidazole rings is 1. The molecule has 1 aromatic carbocycles. The summed E-state index contributed by atoms with van der Waals surface area (Å²) in [7, 11) is 0. The summed E-state index contributed by atoms with van der Waals surface area (Å²) in [6, 6.07) is 10.4. The smallest absolute Gasteiger partial charge is 0.312 e. The topological polar surface area (TPSA) is 75.5 Å². The van der Waals surface area contributed by atoms with E-state index in [1.807, 2.05) is 37.6 Å². The van der Waals surface area contributed by atoms with Crippen molar-refractivity contribution in [3.05, 3.63) is 54.6 Å². The number of benzene rings is 1. The van der Waals surface area contributed by atoms with Crippen molar-refractivity contribution in [2.45, 2.75) is 85.0 Å². The molecule has 1 aliphatic heterocycles. The number of rotatable bonds is 4. The zero-order chi connectivity index (χ0) is 27.4. The van der Waals surface area contributed by atoms with E-state index in [0.717, 1.165) is 54.5 Å². The number of fused-ring (bicyclic) bond motifs is 8. The molecule has 3 aliphatic carbocycles. The standard InChI is InChI=1S/C32H39N3O4/c1-20-6-8-25(15-22-17-32(16-20,21(22)2)30(36)39-31(3,4)5)38-28-11-10-27-26-9-7-24(35-13-12-33-19-35)14-23(26)18-37-29(27)34-28/h7,9-14,19-22,25H,6,8,15-18H2,1-5H3/t20-,21?,22-,25-,32+/m1/s1. The van der Waals surface area contributed by atoms with E-state index >= 15 is 0 Å². The molecule has 206 valence electrons. The summed E-state index contributed by atoms with van der Waals surface area (Å²) in [5, 5.41) is 0. The van der Waals surface area contributed by atoms with Crippen LogP contribution < -0.4 is 9.47 Å². The fraction of sp³-hybridized carbons (Fsp3) is 0.531. The van der Waals surface area contributed by atoms with Crippen LogP contribution in [0.4, 0.5) is 0 Å². The van der Waals surface area contributed by atoms with Crippen molar-refractivity contribution in [3.8, 4) is 28.6 Å². The minimum atomic E-state index is -0.465. The predicted octanol–water partition coefficient (Wildman–Crippen LogP) is 6.77. The zero-order valence-corrected chi connectivity index (χ0v) is 23.6. The Labute approximate surface area is 230 Å². The van der Waals surface area contributed by atoms with Gasteiger partial charge in [-0.05, 0) is 100.0 Å². The van der Waals surface area contributed by atoms with Crippen LogP contribution in [0, 0.1) is 23.2 Å². The Morgan fingerprint density at radius 1 is 1.10 bits per heavy atom. The first-order valence-electron chi connectivity index (χ1n) is 14.3. The van der Waals surface area contributed by atoms with Gasteiger partial charge in [-0.3, -0.25) is 4.79 Å². The van der Waals surface area contributed by atoms with Gasteiger partial charge in [0, 0.05) is 29.7 Å². The maximum Gasteiger partial charge on any atom is 0.312 e. The second kappa shape index (κ2) is 9.68. The minimum Gasteiger partial charge on any atom is -0.474 e. The Kier molecular flexibility index (Phi) is 6.43. The van der Waals surface area contributed by atoms with Crippen molar-refractivity contribution in [1.29, 1.82) is 0 Å². The highest BCUT2D eigenvalue weighted by Gasteiger charge is 2.58. The Balaban J connectivity index is 1.17. The molecule has 3 aromatic rings. The van der Waals surface area contributed by atoms with E-state index in [-0.39, 0.29) is 23.4 Å². The fourth-order valence-corrected chi connectivity index (χ4v) is 6.82. The van der Waals surface area contributed by atoms with Crippen LogP contribution in [0.5, 0.6) is 11.8 Å². The highest BCUT2D eigenvalue weighted by molar-refractivity contribution is 5.79. The summed E-state index contributed by atoms with van der Waals surface area (Å²) >= 11 is 0. The molecule has 0 N–H and O–H groups in total. The minimum absolute atomic E-state index is 0.0177. The molecule has 4 aliphatic rings. The van der Waals surface area contributed by atoms with Crippen molar-refractivity contribution in [3.63, 3.8) is 0 Å². The normalized spacial score (nSPS) is 27.9. The van der Waals surface area contributed by atoms with E-state index in [1.54, 1.807) is 12.5 Å². The van der Waals surface area contributed by atoms with Crippen LogP contribution in [0.15, 0.2) is 49.1 Å². The van der Waals surface area contributed by atoms with Crippen LogP contribution in [0.3, 0.4) is 0 Å².